The molecule has 0 atom stereocenters. The smallest absolute Gasteiger partial charge is 0.244 e. The number of hydrogen-bond donors (Lipinski definition) is 3. The molecule has 22 heavy (non-hydrogen) atoms. The van der Waals surface area contributed by atoms with Gasteiger partial charge in [0.25, 0.3) is 0 Å². The maximum Gasteiger partial charge on any atom is 0.244 e. The van der Waals surface area contributed by atoms with Gasteiger partial charge in [-0.2, -0.15) is 5.10 Å². The largest absolute Gasteiger partial charge is 0.508 e. The van der Waals surface area contributed by atoms with Crippen molar-refractivity contribution in [3.05, 3.63) is 65.9 Å². The third kappa shape index (κ3) is 3.15. The predicted molar refractivity (Wildman–Crippen MR) is 85.8 cm³/mol. The summed E-state index contributed by atoms with van der Waals surface area (Å²) in [5.41, 5.74) is 5.26. The number of para-hydroxylation sites is 1. The van der Waals surface area contributed by atoms with E-state index in [1.807, 2.05) is 30.5 Å². The highest BCUT2D eigenvalue weighted by Gasteiger charge is 2.03. The second kappa shape index (κ2) is 6.13. The second-order valence-corrected chi connectivity index (χ2v) is 4.93. The van der Waals surface area contributed by atoms with Gasteiger partial charge in [0, 0.05) is 22.7 Å². The van der Waals surface area contributed by atoms with Gasteiger partial charge in [-0.1, -0.05) is 30.3 Å². The summed E-state index contributed by atoms with van der Waals surface area (Å²) in [6.07, 6.45) is 3.68. The number of H-pyrrole nitrogens is 1. The van der Waals surface area contributed by atoms with Crippen molar-refractivity contribution in [3.63, 3.8) is 0 Å². The molecule has 0 aliphatic carbocycles. The Bertz CT molecular complexity index is 819. The van der Waals surface area contributed by atoms with Gasteiger partial charge in [-0.25, -0.2) is 5.43 Å². The van der Waals surface area contributed by atoms with Crippen molar-refractivity contribution in [2.75, 3.05) is 0 Å². The molecule has 0 aliphatic rings. The molecule has 0 aliphatic heterocycles. The zero-order valence-electron chi connectivity index (χ0n) is 11.8. The number of nitrogens with zero attached hydrogens (tertiary/aromatic N) is 1. The second-order valence-electron chi connectivity index (χ2n) is 4.93. The molecular formula is C17H15N3O2. The summed E-state index contributed by atoms with van der Waals surface area (Å²) in [5.74, 6) is -0.0247. The van der Waals surface area contributed by atoms with Crippen LogP contribution in [-0.2, 0) is 11.2 Å². The maximum absolute atomic E-state index is 11.8. The molecule has 5 heteroatoms. The number of phenols is 1. The molecule has 0 radical (unpaired) electrons. The number of amides is 1. The molecule has 0 bridgehead atoms. The van der Waals surface area contributed by atoms with Crippen LogP contribution >= 0.6 is 0 Å². The third-order valence-corrected chi connectivity index (χ3v) is 3.32. The van der Waals surface area contributed by atoms with Gasteiger partial charge in [0.2, 0.25) is 5.91 Å². The first-order chi connectivity index (χ1) is 10.7. The minimum Gasteiger partial charge on any atom is -0.508 e. The monoisotopic (exact) mass is 293 g/mol. The van der Waals surface area contributed by atoms with Crippen LogP contribution in [0.3, 0.4) is 0 Å². The topological polar surface area (TPSA) is 77.5 Å². The number of aromatic nitrogens is 1. The molecule has 110 valence electrons. The van der Waals surface area contributed by atoms with E-state index in [-0.39, 0.29) is 18.1 Å². The van der Waals surface area contributed by atoms with Crippen molar-refractivity contribution in [2.45, 2.75) is 6.42 Å². The lowest BCUT2D eigenvalue weighted by Gasteiger charge is -2.00. The van der Waals surface area contributed by atoms with E-state index in [0.717, 1.165) is 22.0 Å². The number of aromatic amines is 1. The van der Waals surface area contributed by atoms with Gasteiger partial charge in [0.1, 0.15) is 5.75 Å². The molecule has 2 aromatic carbocycles. The summed E-state index contributed by atoms with van der Waals surface area (Å²) in [6.45, 7) is 0. The van der Waals surface area contributed by atoms with Gasteiger partial charge >= 0.3 is 0 Å². The number of aromatic hydroxyl groups is 1. The van der Waals surface area contributed by atoms with Crippen LogP contribution in [0.4, 0.5) is 0 Å². The van der Waals surface area contributed by atoms with Crippen LogP contribution < -0.4 is 5.43 Å². The quantitative estimate of drug-likeness (QED) is 0.510. The average molecular weight is 293 g/mol. The minimum atomic E-state index is -0.207. The number of phenolic OH excluding ortho intramolecular Hbond substituents is 1. The van der Waals surface area contributed by atoms with Crippen molar-refractivity contribution < 1.29 is 9.90 Å². The van der Waals surface area contributed by atoms with Crippen LogP contribution in [0.25, 0.3) is 10.9 Å². The highest BCUT2D eigenvalue weighted by molar-refractivity contribution is 5.99. The van der Waals surface area contributed by atoms with Crippen molar-refractivity contribution in [3.8, 4) is 5.75 Å². The lowest BCUT2D eigenvalue weighted by Crippen LogP contribution is -2.19. The van der Waals surface area contributed by atoms with Crippen LogP contribution in [-0.4, -0.2) is 22.2 Å². The molecule has 0 unspecified atom stereocenters. The number of rotatable bonds is 4. The highest BCUT2D eigenvalue weighted by Crippen LogP contribution is 2.15. The number of carbonyl (C=O) groups is 1. The fraction of sp³-hybridized carbons (Fsp3) is 0.0588. The van der Waals surface area contributed by atoms with Crippen molar-refractivity contribution in [1.82, 2.24) is 10.4 Å². The average Bonchev–Trinajstić information content (AvgIpc) is 2.93. The summed E-state index contributed by atoms with van der Waals surface area (Å²) in [7, 11) is 0. The standard InChI is InChI=1S/C17H15N3O2/c21-14-7-5-12(6-8-14)9-17(22)20-19-11-13-10-18-16-4-2-1-3-15(13)16/h1-8,10-11,18,21H,9H2,(H,20,22)/b19-11-. The van der Waals surface area contributed by atoms with Gasteiger partial charge in [-0.3, -0.25) is 4.79 Å². The molecule has 1 aromatic heterocycles. The maximum atomic E-state index is 11.8. The molecule has 0 fully saturated rings. The van der Waals surface area contributed by atoms with E-state index >= 15 is 0 Å². The Labute approximate surface area is 127 Å². The molecule has 1 heterocycles. The van der Waals surface area contributed by atoms with Crippen LogP contribution in [0.1, 0.15) is 11.1 Å². The van der Waals surface area contributed by atoms with Crippen molar-refractivity contribution in [1.29, 1.82) is 0 Å². The number of fused-ring (bicyclic) bond motifs is 1. The van der Waals surface area contributed by atoms with E-state index < -0.39 is 0 Å². The molecular weight excluding hydrogens is 278 g/mol. The highest BCUT2D eigenvalue weighted by atomic mass is 16.3. The lowest BCUT2D eigenvalue weighted by atomic mass is 10.1. The SMILES string of the molecule is O=C(Cc1ccc(O)cc1)N/N=C\c1c[nH]c2ccccc12. The number of carbonyl (C=O) groups excluding carboxylic acids is 1. The molecule has 1 amide bonds. The van der Waals surface area contributed by atoms with E-state index in [1.165, 1.54) is 0 Å². The van der Waals surface area contributed by atoms with Gasteiger partial charge in [-0.05, 0) is 23.8 Å². The summed E-state index contributed by atoms with van der Waals surface area (Å²) in [4.78, 5) is 14.9. The van der Waals surface area contributed by atoms with Gasteiger partial charge in [-0.15, -0.1) is 0 Å². The fourth-order valence-corrected chi connectivity index (χ4v) is 2.21. The number of hydrogen-bond acceptors (Lipinski definition) is 3. The van der Waals surface area contributed by atoms with Gasteiger partial charge in [0.05, 0.1) is 12.6 Å². The molecule has 3 N–H and O–H groups in total. The summed E-state index contributed by atoms with van der Waals surface area (Å²) in [5, 5.41) is 14.2. The Kier molecular flexibility index (Phi) is 3.87. The number of hydrazone groups is 1. The minimum absolute atomic E-state index is 0.182. The normalized spacial score (nSPS) is 11.1. The van der Waals surface area contributed by atoms with E-state index in [1.54, 1.807) is 30.5 Å². The predicted octanol–water partition coefficient (Wildman–Crippen LogP) is 2.57. The Morgan fingerprint density at radius 1 is 1.18 bits per heavy atom. The Morgan fingerprint density at radius 3 is 2.77 bits per heavy atom. The molecule has 0 saturated heterocycles. The first kappa shape index (κ1) is 13.9. The molecule has 0 saturated carbocycles. The fourth-order valence-electron chi connectivity index (χ4n) is 2.21. The summed E-state index contributed by atoms with van der Waals surface area (Å²) >= 11 is 0. The van der Waals surface area contributed by atoms with E-state index in [4.69, 9.17) is 0 Å². The number of benzene rings is 2. The number of nitrogens with one attached hydrogen (secondary N) is 2. The first-order valence-corrected chi connectivity index (χ1v) is 6.88. The zero-order chi connectivity index (χ0) is 15.4. The van der Waals surface area contributed by atoms with E-state index in [2.05, 4.69) is 15.5 Å². The first-order valence-electron chi connectivity index (χ1n) is 6.88. The van der Waals surface area contributed by atoms with Crippen LogP contribution in [0.2, 0.25) is 0 Å². The molecule has 3 aromatic rings. The van der Waals surface area contributed by atoms with Crippen LogP contribution in [0, 0.1) is 0 Å². The third-order valence-electron chi connectivity index (χ3n) is 3.32. The molecule has 0 spiro atoms. The van der Waals surface area contributed by atoms with E-state index in [0.29, 0.717) is 0 Å². The zero-order valence-corrected chi connectivity index (χ0v) is 11.8. The molecule has 5 nitrogen and oxygen atoms in total. The summed E-state index contributed by atoms with van der Waals surface area (Å²) < 4.78 is 0. The Balaban J connectivity index is 1.62. The molecule has 3 rings (SSSR count). The van der Waals surface area contributed by atoms with Gasteiger partial charge < -0.3 is 10.1 Å². The van der Waals surface area contributed by atoms with Crippen molar-refractivity contribution >= 4 is 23.0 Å². The van der Waals surface area contributed by atoms with Crippen LogP contribution in [0.15, 0.2) is 59.8 Å². The van der Waals surface area contributed by atoms with E-state index in [9.17, 15) is 9.90 Å². The Morgan fingerprint density at radius 2 is 1.95 bits per heavy atom. The van der Waals surface area contributed by atoms with Gasteiger partial charge in [0.15, 0.2) is 0 Å². The van der Waals surface area contributed by atoms with Crippen molar-refractivity contribution in [2.24, 2.45) is 5.10 Å². The van der Waals surface area contributed by atoms with Crippen LogP contribution in [0.5, 0.6) is 5.75 Å². The lowest BCUT2D eigenvalue weighted by molar-refractivity contribution is -0.120. The Hall–Kier alpha value is -3.08. The summed E-state index contributed by atoms with van der Waals surface area (Å²) in [6, 6.07) is 14.4.